The van der Waals surface area contributed by atoms with Gasteiger partial charge in [-0.15, -0.1) is 0 Å². The number of methoxy groups -OCH3 is 1. The van der Waals surface area contributed by atoms with Crippen LogP contribution in [-0.2, 0) is 13.0 Å². The van der Waals surface area contributed by atoms with Gasteiger partial charge in [0.1, 0.15) is 11.4 Å². The number of benzene rings is 2. The zero-order valence-corrected chi connectivity index (χ0v) is 16.3. The summed E-state index contributed by atoms with van der Waals surface area (Å²) in [5, 5.41) is 2.94. The minimum atomic E-state index is -0.169. The van der Waals surface area contributed by atoms with Crippen molar-refractivity contribution in [2.45, 2.75) is 13.0 Å². The average molecular weight is 375 g/mol. The van der Waals surface area contributed by atoms with Gasteiger partial charge in [-0.1, -0.05) is 42.5 Å². The normalized spacial score (nSPS) is 10.4. The first-order chi connectivity index (χ1) is 13.7. The molecule has 2 aromatic carbocycles. The maximum Gasteiger partial charge on any atom is 0.269 e. The second-order valence-corrected chi connectivity index (χ2v) is 6.60. The predicted octanol–water partition coefficient (Wildman–Crippen LogP) is 3.70. The molecule has 3 rings (SSSR count). The zero-order chi connectivity index (χ0) is 19.8. The number of aromatic nitrogens is 1. The molecule has 0 saturated carbocycles. The number of carbonyl (C=O) groups is 1. The number of nitrogens with one attached hydrogen (secondary N) is 1. The standard InChI is InChI=1S/C23H25N3O2/c1-26(17-19-7-4-3-5-8-19)20-12-14-24-22(16-20)23(27)25-13-11-18-9-6-10-21(15-18)28-2/h3-10,12,14-16H,11,13,17H2,1-2H3,(H,25,27). The van der Waals surface area contributed by atoms with Crippen LogP contribution in [0.25, 0.3) is 0 Å². The van der Waals surface area contributed by atoms with Gasteiger partial charge in [-0.2, -0.15) is 0 Å². The first kappa shape index (κ1) is 19.4. The van der Waals surface area contributed by atoms with E-state index in [1.54, 1.807) is 13.3 Å². The summed E-state index contributed by atoms with van der Waals surface area (Å²) < 4.78 is 5.23. The van der Waals surface area contributed by atoms with Crippen LogP contribution in [0.1, 0.15) is 21.6 Å². The number of nitrogens with zero attached hydrogens (tertiary/aromatic N) is 2. The Morgan fingerprint density at radius 3 is 2.61 bits per heavy atom. The largest absolute Gasteiger partial charge is 0.497 e. The number of ether oxygens (including phenoxy) is 1. The lowest BCUT2D eigenvalue weighted by Crippen LogP contribution is -2.27. The van der Waals surface area contributed by atoms with Crippen LogP contribution in [0.3, 0.4) is 0 Å². The van der Waals surface area contributed by atoms with E-state index in [4.69, 9.17) is 4.74 Å². The van der Waals surface area contributed by atoms with Gasteiger partial charge >= 0.3 is 0 Å². The van der Waals surface area contributed by atoms with Crippen molar-refractivity contribution < 1.29 is 9.53 Å². The van der Waals surface area contributed by atoms with Gasteiger partial charge in [0.25, 0.3) is 5.91 Å². The Morgan fingerprint density at radius 2 is 1.82 bits per heavy atom. The highest BCUT2D eigenvalue weighted by Gasteiger charge is 2.10. The molecule has 144 valence electrons. The van der Waals surface area contributed by atoms with E-state index in [9.17, 15) is 4.79 Å². The van der Waals surface area contributed by atoms with Gasteiger partial charge in [-0.05, 0) is 41.8 Å². The van der Waals surface area contributed by atoms with E-state index in [1.807, 2.05) is 61.6 Å². The van der Waals surface area contributed by atoms with Crippen molar-refractivity contribution in [2.24, 2.45) is 0 Å². The highest BCUT2D eigenvalue weighted by Crippen LogP contribution is 2.16. The Labute approximate surface area is 166 Å². The fourth-order valence-electron chi connectivity index (χ4n) is 2.97. The van der Waals surface area contributed by atoms with E-state index in [0.29, 0.717) is 12.2 Å². The molecule has 0 saturated heterocycles. The molecule has 1 aromatic heterocycles. The first-order valence-corrected chi connectivity index (χ1v) is 9.28. The van der Waals surface area contributed by atoms with Crippen molar-refractivity contribution in [3.8, 4) is 5.75 Å². The molecule has 1 heterocycles. The van der Waals surface area contributed by atoms with Crippen LogP contribution in [0, 0.1) is 0 Å². The minimum Gasteiger partial charge on any atom is -0.497 e. The molecule has 5 heteroatoms. The number of amides is 1. The van der Waals surface area contributed by atoms with Crippen LogP contribution in [0.15, 0.2) is 72.9 Å². The van der Waals surface area contributed by atoms with Crippen LogP contribution in [0.5, 0.6) is 5.75 Å². The Bertz CT molecular complexity index is 912. The van der Waals surface area contributed by atoms with Crippen molar-refractivity contribution >= 4 is 11.6 Å². The van der Waals surface area contributed by atoms with E-state index in [2.05, 4.69) is 27.3 Å². The molecule has 0 fully saturated rings. The van der Waals surface area contributed by atoms with Crippen LogP contribution < -0.4 is 15.0 Å². The number of anilines is 1. The third-order valence-corrected chi connectivity index (χ3v) is 4.51. The van der Waals surface area contributed by atoms with Crippen LogP contribution in [-0.4, -0.2) is 31.6 Å². The molecule has 0 aliphatic heterocycles. The summed E-state index contributed by atoms with van der Waals surface area (Å²) in [5.41, 5.74) is 3.70. The van der Waals surface area contributed by atoms with Gasteiger partial charge in [0.05, 0.1) is 7.11 Å². The Hall–Kier alpha value is -3.34. The Balaban J connectivity index is 1.57. The summed E-state index contributed by atoms with van der Waals surface area (Å²) >= 11 is 0. The number of hydrogen-bond donors (Lipinski definition) is 1. The van der Waals surface area contributed by atoms with Crippen molar-refractivity contribution in [1.82, 2.24) is 10.3 Å². The lowest BCUT2D eigenvalue weighted by atomic mass is 10.1. The van der Waals surface area contributed by atoms with E-state index >= 15 is 0 Å². The third kappa shape index (κ3) is 5.33. The molecule has 0 aliphatic carbocycles. The molecule has 1 amide bonds. The molecule has 0 bridgehead atoms. The molecular weight excluding hydrogens is 350 g/mol. The van der Waals surface area contributed by atoms with E-state index in [-0.39, 0.29) is 5.91 Å². The molecule has 0 atom stereocenters. The van der Waals surface area contributed by atoms with Crippen molar-refractivity contribution in [2.75, 3.05) is 25.6 Å². The quantitative estimate of drug-likeness (QED) is 0.652. The number of rotatable bonds is 8. The Kier molecular flexibility index (Phi) is 6.63. The summed E-state index contributed by atoms with van der Waals surface area (Å²) in [4.78, 5) is 18.8. The second kappa shape index (κ2) is 9.55. The smallest absolute Gasteiger partial charge is 0.269 e. The maximum absolute atomic E-state index is 12.5. The topological polar surface area (TPSA) is 54.5 Å². The summed E-state index contributed by atoms with van der Waals surface area (Å²) in [6.07, 6.45) is 2.41. The molecule has 28 heavy (non-hydrogen) atoms. The maximum atomic E-state index is 12.5. The fraction of sp³-hybridized carbons (Fsp3) is 0.217. The van der Waals surface area contributed by atoms with Crippen LogP contribution in [0.2, 0.25) is 0 Å². The summed E-state index contributed by atoms with van der Waals surface area (Å²) in [6.45, 7) is 1.31. The van der Waals surface area contributed by atoms with Gasteiger partial charge in [0, 0.05) is 32.0 Å². The molecule has 0 radical (unpaired) electrons. The summed E-state index contributed by atoms with van der Waals surface area (Å²) in [6, 6.07) is 21.8. The van der Waals surface area contributed by atoms with Crippen molar-refractivity contribution in [3.63, 3.8) is 0 Å². The zero-order valence-electron chi connectivity index (χ0n) is 16.3. The van der Waals surface area contributed by atoms with Gasteiger partial charge in [0.15, 0.2) is 0 Å². The van der Waals surface area contributed by atoms with Gasteiger partial charge in [0.2, 0.25) is 0 Å². The molecule has 0 spiro atoms. The monoisotopic (exact) mass is 375 g/mol. The van der Waals surface area contributed by atoms with E-state index < -0.39 is 0 Å². The molecule has 0 unspecified atom stereocenters. The van der Waals surface area contributed by atoms with E-state index in [0.717, 1.165) is 30.0 Å². The predicted molar refractivity (Wildman–Crippen MR) is 112 cm³/mol. The lowest BCUT2D eigenvalue weighted by molar-refractivity contribution is 0.0949. The third-order valence-electron chi connectivity index (χ3n) is 4.51. The number of pyridine rings is 1. The van der Waals surface area contributed by atoms with Gasteiger partial charge < -0.3 is 15.0 Å². The van der Waals surface area contributed by atoms with Crippen molar-refractivity contribution in [1.29, 1.82) is 0 Å². The van der Waals surface area contributed by atoms with Gasteiger partial charge in [-0.25, -0.2) is 0 Å². The average Bonchev–Trinajstić information content (AvgIpc) is 2.74. The summed E-state index contributed by atoms with van der Waals surface area (Å²) in [7, 11) is 3.65. The molecule has 1 N–H and O–H groups in total. The molecule has 0 aliphatic rings. The number of carbonyl (C=O) groups excluding carboxylic acids is 1. The highest BCUT2D eigenvalue weighted by atomic mass is 16.5. The van der Waals surface area contributed by atoms with Crippen molar-refractivity contribution in [3.05, 3.63) is 89.7 Å². The van der Waals surface area contributed by atoms with Crippen LogP contribution in [0.4, 0.5) is 5.69 Å². The second-order valence-electron chi connectivity index (χ2n) is 6.60. The molecule has 5 nitrogen and oxygen atoms in total. The summed E-state index contributed by atoms with van der Waals surface area (Å²) in [5.74, 6) is 0.650. The molecular formula is C23H25N3O2. The number of hydrogen-bond acceptors (Lipinski definition) is 4. The van der Waals surface area contributed by atoms with Gasteiger partial charge in [-0.3, -0.25) is 9.78 Å². The SMILES string of the molecule is COc1cccc(CCNC(=O)c2cc(N(C)Cc3ccccc3)ccn2)c1. The first-order valence-electron chi connectivity index (χ1n) is 9.28. The highest BCUT2D eigenvalue weighted by molar-refractivity contribution is 5.93. The van der Waals surface area contributed by atoms with Crippen LogP contribution >= 0.6 is 0 Å². The fourth-order valence-corrected chi connectivity index (χ4v) is 2.97. The molecule has 3 aromatic rings. The Morgan fingerprint density at radius 1 is 1.04 bits per heavy atom. The van der Waals surface area contributed by atoms with E-state index in [1.165, 1.54) is 5.56 Å². The lowest BCUT2D eigenvalue weighted by Gasteiger charge is -2.19. The minimum absolute atomic E-state index is 0.169.